The van der Waals surface area contributed by atoms with Gasteiger partial charge in [0.1, 0.15) is 5.75 Å². The second kappa shape index (κ2) is 13.9. The second-order valence-corrected chi connectivity index (χ2v) is 10.1. The topological polar surface area (TPSA) is 103 Å². The number of aromatic hydroxyl groups is 1. The fraction of sp³-hybridized carbons (Fsp3) is 0.704. The minimum Gasteiger partial charge on any atom is -0.678 e. The summed E-state index contributed by atoms with van der Waals surface area (Å²) in [4.78, 5) is 0. The van der Waals surface area contributed by atoms with Crippen molar-refractivity contribution >= 4 is 11.8 Å². The van der Waals surface area contributed by atoms with Crippen molar-refractivity contribution in [3.8, 4) is 5.75 Å². The quantitative estimate of drug-likeness (QED) is 0.409. The van der Waals surface area contributed by atoms with E-state index in [9.17, 15) is 15.3 Å². The minimum atomic E-state index is -0.117. The fourth-order valence-electron chi connectivity index (χ4n) is 6.03. The van der Waals surface area contributed by atoms with Gasteiger partial charge in [-0.1, -0.05) is 87.1 Å². The van der Waals surface area contributed by atoms with Crippen LogP contribution in [0, 0.1) is 11.8 Å². The van der Waals surface area contributed by atoms with Crippen molar-refractivity contribution in [2.75, 3.05) is 19.6 Å². The van der Waals surface area contributed by atoms with E-state index in [1.807, 2.05) is 24.3 Å². The van der Waals surface area contributed by atoms with Crippen molar-refractivity contribution in [3.05, 3.63) is 45.8 Å². The van der Waals surface area contributed by atoms with Crippen LogP contribution >= 0.6 is 0 Å². The Morgan fingerprint density at radius 2 is 1.29 bits per heavy atom. The first-order chi connectivity index (χ1) is 16.1. The Balaban J connectivity index is 0.000000141. The largest absolute Gasteiger partial charge is 3.00 e. The molecule has 6 rings (SSSR count). The molecular weight excluding hydrogens is 473 g/mol. The van der Waals surface area contributed by atoms with Crippen LogP contribution in [-0.4, -0.2) is 59.2 Å². The molecule has 1 aromatic carbocycles. The number of hydrogen-bond donors (Lipinski definition) is 3. The molecule has 0 spiro atoms. The number of rotatable bonds is 0. The third kappa shape index (κ3) is 7.21. The number of piperidine rings is 2. The number of benzene rings is 1. The zero-order chi connectivity index (χ0) is 23.0. The molecule has 6 atom stereocenters. The normalized spacial score (nSPS) is 33.6. The molecule has 5 aliphatic rings. The zero-order valence-electron chi connectivity index (χ0n) is 20.1. The Morgan fingerprint density at radius 1 is 0.735 bits per heavy atom. The van der Waals surface area contributed by atoms with Gasteiger partial charge in [-0.15, -0.1) is 37.8 Å². The number of hydrogen-bond acceptors (Lipinski definition) is 3. The van der Waals surface area contributed by atoms with Crippen LogP contribution in [0.2, 0.25) is 0 Å². The molecule has 1 aromatic rings. The molecule has 0 radical (unpaired) electrons. The van der Waals surface area contributed by atoms with Gasteiger partial charge >= 0.3 is 16.8 Å². The van der Waals surface area contributed by atoms with Crippen LogP contribution in [-0.2, 0) is 16.8 Å². The van der Waals surface area contributed by atoms with E-state index in [2.05, 4.69) is 16.0 Å². The monoisotopic (exact) mass is 513 g/mol. The van der Waals surface area contributed by atoms with Gasteiger partial charge in [0.15, 0.2) is 0 Å². The van der Waals surface area contributed by atoms with Crippen LogP contribution in [0.15, 0.2) is 24.3 Å². The molecule has 2 saturated heterocycles. The second-order valence-electron chi connectivity index (χ2n) is 10.1. The summed E-state index contributed by atoms with van der Waals surface area (Å²) in [7, 11) is 0. The summed E-state index contributed by atoms with van der Waals surface area (Å²) in [6, 6.07) is 6.02. The van der Waals surface area contributed by atoms with Crippen molar-refractivity contribution in [2.45, 2.75) is 88.5 Å². The Bertz CT molecular complexity index is 741. The summed E-state index contributed by atoms with van der Waals surface area (Å²) in [5.74, 6) is 1.70. The minimum absolute atomic E-state index is 0. The molecule has 7 heteroatoms. The molecule has 3 heterocycles. The van der Waals surface area contributed by atoms with E-state index in [0.29, 0.717) is 30.5 Å². The van der Waals surface area contributed by atoms with Crippen molar-refractivity contribution in [1.82, 2.24) is 0 Å². The summed E-state index contributed by atoms with van der Waals surface area (Å²) in [5, 5.41) is 41.7. The number of fused-ring (bicyclic) bond motifs is 3. The van der Waals surface area contributed by atoms with Crippen LogP contribution in [0.25, 0.3) is 22.0 Å². The first-order valence-corrected chi connectivity index (χ1v) is 13.0. The molecule has 2 saturated carbocycles. The third-order valence-electron chi connectivity index (χ3n) is 7.75. The van der Waals surface area contributed by atoms with E-state index in [0.717, 1.165) is 37.2 Å². The Morgan fingerprint density at radius 3 is 1.82 bits per heavy atom. The molecule has 2 aliphatic carbocycles. The molecule has 4 fully saturated rings. The van der Waals surface area contributed by atoms with Gasteiger partial charge in [0, 0.05) is 12.2 Å². The van der Waals surface area contributed by atoms with Gasteiger partial charge in [0.2, 0.25) is 0 Å². The maximum absolute atomic E-state index is 9.61. The Hall–Kier alpha value is -1.09. The van der Waals surface area contributed by atoms with Gasteiger partial charge in [-0.2, -0.15) is 0 Å². The third-order valence-corrected chi connectivity index (χ3v) is 7.75. The van der Waals surface area contributed by atoms with Crippen molar-refractivity contribution in [2.24, 2.45) is 11.8 Å². The van der Waals surface area contributed by atoms with Gasteiger partial charge in [-0.3, -0.25) is 0 Å². The number of phenols is 1. The van der Waals surface area contributed by atoms with E-state index < -0.39 is 0 Å². The molecule has 34 heavy (non-hydrogen) atoms. The standard InChI is InChI=1S/2C9H16NO.C9H8NO.Co/c3*11-8-5-1-3-7-4-2-6-10-9(7)8;/h2*7-9,11H,1-6H2;1-5,11H,6H2;/q3*-1;+3. The number of para-hydroxylation sites is 1. The molecule has 0 aromatic heterocycles. The fourth-order valence-corrected chi connectivity index (χ4v) is 6.03. The molecule has 3 N–H and O–H groups in total. The van der Waals surface area contributed by atoms with Gasteiger partial charge in [0.05, 0.1) is 0 Å². The molecular formula is C27H40CoN3O3. The number of phenolic OH excluding ortho intramolecular Hbond substituents is 1. The maximum atomic E-state index is 9.61. The Kier molecular flexibility index (Phi) is 11.2. The molecule has 190 valence electrons. The average molecular weight is 514 g/mol. The summed E-state index contributed by atoms with van der Waals surface area (Å²) < 4.78 is 0. The molecule has 6 unspecified atom stereocenters. The SMILES string of the molecule is OC1CCCC2CCC[N-]C12.OC1CCCC2CCC[N-]C12.Oc1cccc2c1[N-]CC=C2.[Co+3]. The van der Waals surface area contributed by atoms with E-state index in [4.69, 9.17) is 0 Å². The molecule has 0 bridgehead atoms. The summed E-state index contributed by atoms with van der Waals surface area (Å²) in [5.41, 5.74) is 1.71. The van der Waals surface area contributed by atoms with Gasteiger partial charge in [0.25, 0.3) is 0 Å². The van der Waals surface area contributed by atoms with Crippen LogP contribution < -0.4 is 0 Å². The first-order valence-electron chi connectivity index (χ1n) is 13.0. The van der Waals surface area contributed by atoms with E-state index in [1.54, 1.807) is 6.07 Å². The van der Waals surface area contributed by atoms with E-state index in [-0.39, 0.29) is 34.7 Å². The summed E-state index contributed by atoms with van der Waals surface area (Å²) in [6.07, 6.45) is 15.8. The van der Waals surface area contributed by atoms with E-state index in [1.165, 1.54) is 51.4 Å². The summed E-state index contributed by atoms with van der Waals surface area (Å²) >= 11 is 0. The van der Waals surface area contributed by atoms with Gasteiger partial charge in [-0.25, -0.2) is 0 Å². The molecule has 6 nitrogen and oxygen atoms in total. The van der Waals surface area contributed by atoms with Gasteiger partial charge < -0.3 is 31.3 Å². The van der Waals surface area contributed by atoms with Crippen molar-refractivity contribution < 1.29 is 32.1 Å². The first kappa shape index (κ1) is 27.5. The van der Waals surface area contributed by atoms with E-state index >= 15 is 0 Å². The van der Waals surface area contributed by atoms with Crippen LogP contribution in [0.3, 0.4) is 0 Å². The average Bonchev–Trinajstić information content (AvgIpc) is 2.86. The van der Waals surface area contributed by atoms with Gasteiger partial charge in [-0.05, 0) is 24.5 Å². The molecule has 3 aliphatic heterocycles. The van der Waals surface area contributed by atoms with Crippen molar-refractivity contribution in [3.63, 3.8) is 0 Å². The predicted molar refractivity (Wildman–Crippen MR) is 134 cm³/mol. The maximum Gasteiger partial charge on any atom is 3.00 e. The Labute approximate surface area is 215 Å². The number of aliphatic hydroxyl groups is 2. The number of aliphatic hydroxyl groups excluding tert-OH is 2. The zero-order valence-corrected chi connectivity index (χ0v) is 21.1. The number of nitrogens with zero attached hydrogens (tertiary/aromatic N) is 3. The van der Waals surface area contributed by atoms with Crippen LogP contribution in [0.1, 0.15) is 69.8 Å². The smallest absolute Gasteiger partial charge is 0.678 e. The van der Waals surface area contributed by atoms with Crippen molar-refractivity contribution in [1.29, 1.82) is 0 Å². The van der Waals surface area contributed by atoms with Crippen LogP contribution in [0.5, 0.6) is 5.75 Å². The van der Waals surface area contributed by atoms with Crippen LogP contribution in [0.4, 0.5) is 5.69 Å². The predicted octanol–water partition coefficient (Wildman–Crippen LogP) is 5.79. The molecule has 0 amide bonds. The summed E-state index contributed by atoms with van der Waals surface area (Å²) in [6.45, 7) is 2.64.